The average Bonchev–Trinajstić information content (AvgIpc) is 1.21. The second-order valence-corrected chi connectivity index (χ2v) is 25.0. The third-order valence-electron chi connectivity index (χ3n) is 21.2. The molecule has 0 spiro atoms. The van der Waals surface area contributed by atoms with Gasteiger partial charge in [-0.15, -0.1) is 0 Å². The molecule has 0 amide bonds. The molecule has 394 valence electrons. The number of benzene rings is 13. The fourth-order valence-corrected chi connectivity index (χ4v) is 18.3. The number of nitrogens with zero attached hydrogens (tertiary/aromatic N) is 6. The van der Waals surface area contributed by atoms with Crippen molar-refractivity contribution in [3.05, 3.63) is 261 Å². The summed E-state index contributed by atoms with van der Waals surface area (Å²) in [7, 11) is 0. The van der Waals surface area contributed by atoms with Crippen LogP contribution in [0.25, 0.3) is 110 Å². The van der Waals surface area contributed by atoms with Crippen LogP contribution in [0, 0.1) is 0 Å². The van der Waals surface area contributed by atoms with Crippen LogP contribution in [0.5, 0.6) is 0 Å². The molecule has 13 aromatic carbocycles. The molecule has 0 radical (unpaired) electrons. The van der Waals surface area contributed by atoms with E-state index in [2.05, 4.69) is 289 Å². The van der Waals surface area contributed by atoms with Crippen LogP contribution in [0.4, 0.5) is 34.1 Å². The molecular formula is C78H43B3N6. The maximum Gasteiger partial charge on any atom is 0.252 e. The smallest absolute Gasteiger partial charge is 0.252 e. The Morgan fingerprint density at radius 2 is 0.506 bits per heavy atom. The van der Waals surface area contributed by atoms with Crippen molar-refractivity contribution in [3.8, 4) is 22.7 Å². The summed E-state index contributed by atoms with van der Waals surface area (Å²) in [5.74, 6) is 0. The van der Waals surface area contributed by atoms with Crippen LogP contribution in [0.15, 0.2) is 261 Å². The first kappa shape index (κ1) is 44.4. The Labute approximate surface area is 499 Å². The molecule has 0 N–H and O–H groups in total. The summed E-state index contributed by atoms with van der Waals surface area (Å²) >= 11 is 0. The molecule has 10 heterocycles. The van der Waals surface area contributed by atoms with Crippen molar-refractivity contribution in [2.45, 2.75) is 0 Å². The maximum atomic E-state index is 2.74. The summed E-state index contributed by atoms with van der Waals surface area (Å²) in [5.41, 5.74) is 34.4. The lowest BCUT2D eigenvalue weighted by Crippen LogP contribution is -2.72. The van der Waals surface area contributed by atoms with Crippen LogP contribution >= 0.6 is 0 Å². The average molecular weight is 1100 g/mol. The van der Waals surface area contributed by atoms with Crippen molar-refractivity contribution in [3.63, 3.8) is 0 Å². The zero-order valence-electron chi connectivity index (χ0n) is 46.7. The lowest BCUT2D eigenvalue weighted by atomic mass is 9.26. The Balaban J connectivity index is 0.909. The number of fused-ring (bicyclic) bond motifs is 26. The first-order chi connectivity index (χ1) is 43.2. The third-order valence-corrected chi connectivity index (χ3v) is 21.2. The second-order valence-electron chi connectivity index (χ2n) is 25.0. The zero-order valence-corrected chi connectivity index (χ0v) is 46.7. The minimum Gasteiger partial charge on any atom is -0.312 e. The van der Waals surface area contributed by atoms with Gasteiger partial charge < -0.3 is 28.1 Å². The fourth-order valence-electron chi connectivity index (χ4n) is 18.3. The summed E-state index contributed by atoms with van der Waals surface area (Å²) in [6.45, 7) is -0.221. The number of rotatable bonds is 2. The summed E-state index contributed by atoms with van der Waals surface area (Å²) in [6.07, 6.45) is 0. The Morgan fingerprint density at radius 3 is 0.908 bits per heavy atom. The largest absolute Gasteiger partial charge is 0.312 e. The first-order valence-electron chi connectivity index (χ1n) is 30.6. The second kappa shape index (κ2) is 15.2. The van der Waals surface area contributed by atoms with E-state index in [0.29, 0.717) is 0 Å². The van der Waals surface area contributed by atoms with Gasteiger partial charge in [-0.25, -0.2) is 0 Å². The molecule has 6 aliphatic heterocycles. The molecule has 17 aromatic rings. The van der Waals surface area contributed by atoms with E-state index in [-0.39, 0.29) is 20.1 Å². The first-order valence-corrected chi connectivity index (χ1v) is 30.6. The quantitative estimate of drug-likeness (QED) is 0.161. The van der Waals surface area contributed by atoms with Gasteiger partial charge in [-0.3, -0.25) is 0 Å². The molecule has 4 aromatic heterocycles. The standard InChI is InChI=1S/C78H43B3N6/c1-9-31-60-46(19-1)47-20-2-10-32-61(47)82(60)44-39-68-72-70(41-44)86-66-37-15-7-27-54(66)79-55-28-8-16-38-67(55)87-71-42-45(83-62-33-11-3-21-48(62)49-22-4-12-34-63(49)83)40-69-73(71)81(57-30-18-26-53-51-24-6-14-36-65(51)85(69)76(53)57)59-43-58(77(86)74(79)78(59)87)80(72)56-29-17-25-52-50-23-5-13-35-64(50)84(68)75(52)56/h1-43H. The molecule has 23 rings (SSSR count). The van der Waals surface area contributed by atoms with E-state index in [0.717, 1.165) is 11.4 Å². The van der Waals surface area contributed by atoms with Crippen molar-refractivity contribution < 1.29 is 0 Å². The number of hydrogen-bond acceptors (Lipinski definition) is 2. The lowest BCUT2D eigenvalue weighted by Gasteiger charge is -2.52. The van der Waals surface area contributed by atoms with E-state index >= 15 is 0 Å². The van der Waals surface area contributed by atoms with E-state index in [1.807, 2.05) is 0 Å². The highest BCUT2D eigenvalue weighted by atomic mass is 15.2. The van der Waals surface area contributed by atoms with E-state index in [1.165, 1.54) is 182 Å². The van der Waals surface area contributed by atoms with Crippen LogP contribution in [-0.4, -0.2) is 38.4 Å². The third kappa shape index (κ3) is 5.04. The molecule has 0 saturated carbocycles. The molecule has 87 heavy (non-hydrogen) atoms. The highest BCUT2D eigenvalue weighted by Gasteiger charge is 2.54. The summed E-state index contributed by atoms with van der Waals surface area (Å²) < 4.78 is 10.3. The van der Waals surface area contributed by atoms with Crippen molar-refractivity contribution in [2.75, 3.05) is 9.80 Å². The molecule has 9 heteroatoms. The Kier molecular flexibility index (Phi) is 7.76. The fraction of sp³-hybridized carbons (Fsp3) is 0. The van der Waals surface area contributed by atoms with Crippen LogP contribution in [0.3, 0.4) is 0 Å². The van der Waals surface area contributed by atoms with Gasteiger partial charge in [0.2, 0.25) is 0 Å². The van der Waals surface area contributed by atoms with Gasteiger partial charge in [0.05, 0.1) is 44.5 Å². The van der Waals surface area contributed by atoms with E-state index < -0.39 is 0 Å². The maximum absolute atomic E-state index is 2.74. The van der Waals surface area contributed by atoms with Gasteiger partial charge in [-0.05, 0) is 122 Å². The molecule has 6 nitrogen and oxygen atoms in total. The SMILES string of the molecule is c1ccc2c(c1)B1c3ccccc3N3c4cc(-n5c6ccccc6c6ccccc65)cc5c4B(c4cc6c(c1c43)N2c1cc(-n2c3ccccc3c3ccccc32)cc2c1B6c1cccc3c4ccccc4n-2c13)c1cccc2c3ccccc3n-5c12. The Morgan fingerprint density at radius 1 is 0.207 bits per heavy atom. The predicted molar refractivity (Wildman–Crippen MR) is 367 cm³/mol. The number of anilines is 6. The van der Waals surface area contributed by atoms with Gasteiger partial charge in [-0.1, -0.05) is 188 Å². The van der Waals surface area contributed by atoms with Crippen molar-refractivity contribution in [2.24, 2.45) is 0 Å². The molecule has 0 atom stereocenters. The highest BCUT2D eigenvalue weighted by molar-refractivity contribution is 7.07. The molecule has 0 saturated heterocycles. The minimum atomic E-state index is -0.0866. The minimum absolute atomic E-state index is 0.0478. The van der Waals surface area contributed by atoms with Gasteiger partial charge in [0.25, 0.3) is 20.1 Å². The van der Waals surface area contributed by atoms with Gasteiger partial charge in [0.1, 0.15) is 0 Å². The van der Waals surface area contributed by atoms with E-state index in [9.17, 15) is 0 Å². The predicted octanol–water partition coefficient (Wildman–Crippen LogP) is 12.4. The van der Waals surface area contributed by atoms with Gasteiger partial charge >= 0.3 is 0 Å². The van der Waals surface area contributed by atoms with E-state index in [4.69, 9.17) is 0 Å². The molecule has 0 fully saturated rings. The Hall–Kier alpha value is -11.1. The normalized spacial score (nSPS) is 14.1. The van der Waals surface area contributed by atoms with Crippen molar-refractivity contribution in [1.82, 2.24) is 18.3 Å². The van der Waals surface area contributed by atoms with Crippen LogP contribution < -0.4 is 59.0 Å². The van der Waals surface area contributed by atoms with Crippen molar-refractivity contribution in [1.29, 1.82) is 0 Å². The molecular weight excluding hydrogens is 1050 g/mol. The number of aromatic nitrogens is 4. The highest BCUT2D eigenvalue weighted by Crippen LogP contribution is 2.50. The summed E-state index contributed by atoms with van der Waals surface area (Å²) in [4.78, 5) is 5.47. The van der Waals surface area contributed by atoms with Crippen LogP contribution in [-0.2, 0) is 0 Å². The summed E-state index contributed by atoms with van der Waals surface area (Å²) in [6, 6.07) is 100. The van der Waals surface area contributed by atoms with Crippen molar-refractivity contribution >= 4 is 191 Å². The Bertz CT molecular complexity index is 5680. The topological polar surface area (TPSA) is 26.2 Å². The molecule has 6 aliphatic rings. The van der Waals surface area contributed by atoms with Gasteiger partial charge in [0, 0.05) is 99.6 Å². The van der Waals surface area contributed by atoms with Crippen LogP contribution in [0.2, 0.25) is 0 Å². The van der Waals surface area contributed by atoms with Gasteiger partial charge in [-0.2, -0.15) is 0 Å². The monoisotopic (exact) mass is 1100 g/mol. The molecule has 0 unspecified atom stereocenters. The van der Waals surface area contributed by atoms with Crippen LogP contribution in [0.1, 0.15) is 0 Å². The van der Waals surface area contributed by atoms with Gasteiger partial charge in [0.15, 0.2) is 0 Å². The summed E-state index contributed by atoms with van der Waals surface area (Å²) in [5, 5.41) is 10.2. The number of para-hydroxylation sites is 10. The van der Waals surface area contributed by atoms with E-state index in [1.54, 1.807) is 0 Å². The number of hydrogen-bond donors (Lipinski definition) is 0. The lowest BCUT2D eigenvalue weighted by molar-refractivity contribution is 1.13. The molecule has 0 bridgehead atoms. The molecule has 0 aliphatic carbocycles. The zero-order chi connectivity index (χ0) is 55.8.